The minimum absolute atomic E-state index is 0.370. The number of anilines is 2. The molecule has 0 spiro atoms. The van der Waals surface area contributed by atoms with Crippen LogP contribution in [0.15, 0.2) is 61.2 Å². The number of aromatic nitrogens is 4. The minimum Gasteiger partial charge on any atom is -0.439 e. The van der Waals surface area contributed by atoms with Gasteiger partial charge >= 0.3 is 6.03 Å². The Kier molecular flexibility index (Phi) is 6.04. The summed E-state index contributed by atoms with van der Waals surface area (Å²) in [6, 6.07) is 13.7. The number of carbonyl (C=O) groups is 1. The maximum absolute atomic E-state index is 12.2. The van der Waals surface area contributed by atoms with Crippen LogP contribution in [0.2, 0.25) is 5.02 Å². The third kappa shape index (κ3) is 4.87. The molecular weight excluding hydrogens is 428 g/mol. The van der Waals surface area contributed by atoms with Gasteiger partial charge in [0.15, 0.2) is 0 Å². The van der Waals surface area contributed by atoms with Gasteiger partial charge in [-0.15, -0.1) is 0 Å². The number of hydrogen-bond acceptors (Lipinski definition) is 5. The maximum atomic E-state index is 12.2. The molecule has 2 aromatic carbocycles. The van der Waals surface area contributed by atoms with Crippen LogP contribution in [0.25, 0.3) is 5.82 Å². The molecule has 2 aromatic heterocycles. The van der Waals surface area contributed by atoms with Crippen LogP contribution in [0.5, 0.6) is 11.6 Å². The zero-order valence-corrected chi connectivity index (χ0v) is 18.5. The first-order valence-corrected chi connectivity index (χ1v) is 10.2. The number of halogens is 1. The first-order chi connectivity index (χ1) is 15.4. The van der Waals surface area contributed by atoms with Gasteiger partial charge in [0.05, 0.1) is 5.69 Å². The quantitative estimate of drug-likeness (QED) is 0.409. The van der Waals surface area contributed by atoms with Gasteiger partial charge in [-0.1, -0.05) is 17.7 Å². The third-order valence-electron chi connectivity index (χ3n) is 4.89. The predicted octanol–water partition coefficient (Wildman–Crippen LogP) is 5.68. The maximum Gasteiger partial charge on any atom is 0.323 e. The Morgan fingerprint density at radius 1 is 0.938 bits per heavy atom. The van der Waals surface area contributed by atoms with Gasteiger partial charge in [-0.2, -0.15) is 0 Å². The molecule has 9 heteroatoms. The summed E-state index contributed by atoms with van der Waals surface area (Å²) in [7, 11) is 0. The van der Waals surface area contributed by atoms with Crippen LogP contribution in [0, 0.1) is 20.8 Å². The van der Waals surface area contributed by atoms with Crippen LogP contribution in [0.3, 0.4) is 0 Å². The van der Waals surface area contributed by atoms with Crippen LogP contribution >= 0.6 is 11.6 Å². The molecule has 0 bridgehead atoms. The van der Waals surface area contributed by atoms with E-state index in [1.807, 2.05) is 31.4 Å². The van der Waals surface area contributed by atoms with Crippen molar-refractivity contribution >= 4 is 29.0 Å². The lowest BCUT2D eigenvalue weighted by Crippen LogP contribution is -2.19. The average molecular weight is 449 g/mol. The number of hydrogen-bond donors (Lipinski definition) is 2. The number of rotatable bonds is 5. The number of benzene rings is 2. The van der Waals surface area contributed by atoms with Crippen molar-refractivity contribution in [3.05, 3.63) is 83.2 Å². The molecule has 0 aliphatic carbocycles. The third-order valence-corrected chi connectivity index (χ3v) is 5.30. The van der Waals surface area contributed by atoms with Crippen molar-refractivity contribution in [1.82, 2.24) is 19.5 Å². The summed E-state index contributed by atoms with van der Waals surface area (Å²) in [5.41, 5.74) is 4.10. The molecule has 2 heterocycles. The zero-order valence-electron chi connectivity index (χ0n) is 17.8. The van der Waals surface area contributed by atoms with Gasteiger partial charge in [0.2, 0.25) is 5.88 Å². The number of nitrogens with one attached hydrogen (secondary N) is 2. The number of imidazole rings is 1. The Balaban J connectivity index is 1.39. The molecule has 4 rings (SSSR count). The predicted molar refractivity (Wildman–Crippen MR) is 124 cm³/mol. The van der Waals surface area contributed by atoms with E-state index in [1.54, 1.807) is 48.8 Å². The van der Waals surface area contributed by atoms with Gasteiger partial charge in [0.1, 0.15) is 24.2 Å². The summed E-state index contributed by atoms with van der Waals surface area (Å²) in [6.07, 6.45) is 3.16. The van der Waals surface area contributed by atoms with Crippen LogP contribution in [0.4, 0.5) is 16.2 Å². The molecule has 0 atom stereocenters. The van der Waals surface area contributed by atoms with E-state index in [4.69, 9.17) is 16.3 Å². The van der Waals surface area contributed by atoms with Gasteiger partial charge in [0, 0.05) is 28.2 Å². The van der Waals surface area contributed by atoms with Gasteiger partial charge in [0.25, 0.3) is 0 Å². The van der Waals surface area contributed by atoms with Gasteiger partial charge in [-0.25, -0.2) is 19.7 Å². The molecule has 0 aliphatic rings. The number of carbonyl (C=O) groups excluding carboxylic acids is 1. The highest BCUT2D eigenvalue weighted by molar-refractivity contribution is 6.31. The first-order valence-electron chi connectivity index (χ1n) is 9.84. The Morgan fingerprint density at radius 2 is 1.66 bits per heavy atom. The average Bonchev–Trinajstić information content (AvgIpc) is 3.11. The minimum atomic E-state index is -0.370. The number of nitrogens with zero attached hydrogens (tertiary/aromatic N) is 4. The molecule has 4 aromatic rings. The fourth-order valence-electron chi connectivity index (χ4n) is 2.94. The van der Waals surface area contributed by atoms with E-state index in [1.165, 1.54) is 6.33 Å². The van der Waals surface area contributed by atoms with Crippen molar-refractivity contribution in [2.24, 2.45) is 0 Å². The molecule has 162 valence electrons. The monoisotopic (exact) mass is 448 g/mol. The molecule has 0 radical (unpaired) electrons. The fraction of sp³-hybridized carbons (Fsp3) is 0.130. The van der Waals surface area contributed by atoms with Crippen molar-refractivity contribution in [2.75, 3.05) is 10.6 Å². The van der Waals surface area contributed by atoms with Gasteiger partial charge in [-0.3, -0.25) is 4.57 Å². The summed E-state index contributed by atoms with van der Waals surface area (Å²) < 4.78 is 7.71. The van der Waals surface area contributed by atoms with E-state index in [2.05, 4.69) is 25.6 Å². The molecule has 32 heavy (non-hydrogen) atoms. The summed E-state index contributed by atoms with van der Waals surface area (Å²) >= 11 is 6.10. The summed E-state index contributed by atoms with van der Waals surface area (Å²) in [6.45, 7) is 5.81. The second-order valence-electron chi connectivity index (χ2n) is 7.17. The Labute approximate surface area is 190 Å². The van der Waals surface area contributed by atoms with Crippen molar-refractivity contribution in [2.45, 2.75) is 20.8 Å². The highest BCUT2D eigenvalue weighted by Gasteiger charge is 2.09. The van der Waals surface area contributed by atoms with E-state index in [9.17, 15) is 4.79 Å². The molecule has 8 nitrogen and oxygen atoms in total. The molecule has 2 amide bonds. The Morgan fingerprint density at radius 3 is 2.34 bits per heavy atom. The first kappa shape index (κ1) is 21.3. The van der Waals surface area contributed by atoms with E-state index >= 15 is 0 Å². The smallest absolute Gasteiger partial charge is 0.323 e. The van der Waals surface area contributed by atoms with Crippen LogP contribution in [0.1, 0.15) is 17.0 Å². The number of aryl methyl sites for hydroxylation is 2. The van der Waals surface area contributed by atoms with E-state index in [0.717, 1.165) is 17.0 Å². The highest BCUT2D eigenvalue weighted by atomic mass is 35.5. The van der Waals surface area contributed by atoms with E-state index in [0.29, 0.717) is 33.8 Å². The second-order valence-corrected chi connectivity index (χ2v) is 7.58. The molecule has 0 fully saturated rings. The molecular formula is C23H21ClN6O2. The van der Waals surface area contributed by atoms with E-state index in [-0.39, 0.29) is 6.03 Å². The lowest BCUT2D eigenvalue weighted by atomic mass is 10.2. The largest absolute Gasteiger partial charge is 0.439 e. The molecule has 0 unspecified atom stereocenters. The van der Waals surface area contributed by atoms with Crippen molar-refractivity contribution < 1.29 is 9.53 Å². The standard InChI is InChI=1S/C23H21ClN6O2/c1-14-4-5-18(10-20(14)24)29-23(31)28-17-6-8-19(9-7-17)32-22-11-21(25-12-26-22)30-13-27-15(2)16(30)3/h4-13H,1-3H3,(H2,28,29,31). The lowest BCUT2D eigenvalue weighted by molar-refractivity contribution is 0.262. The summed E-state index contributed by atoms with van der Waals surface area (Å²) in [5, 5.41) is 6.11. The van der Waals surface area contributed by atoms with Gasteiger partial charge in [-0.05, 0) is 62.7 Å². The highest BCUT2D eigenvalue weighted by Crippen LogP contribution is 2.24. The van der Waals surface area contributed by atoms with E-state index < -0.39 is 0 Å². The zero-order chi connectivity index (χ0) is 22.7. The molecule has 0 saturated heterocycles. The second kappa shape index (κ2) is 9.07. The Bertz CT molecular complexity index is 1270. The fourth-order valence-corrected chi connectivity index (χ4v) is 3.12. The topological polar surface area (TPSA) is 94.0 Å². The number of ether oxygens (including phenoxy) is 1. The van der Waals surface area contributed by atoms with Crippen molar-refractivity contribution in [1.29, 1.82) is 0 Å². The number of amides is 2. The van der Waals surface area contributed by atoms with Gasteiger partial charge < -0.3 is 15.4 Å². The molecule has 0 aliphatic heterocycles. The SMILES string of the molecule is Cc1ccc(NC(=O)Nc2ccc(Oc3cc(-n4cnc(C)c4C)ncn3)cc2)cc1Cl. The molecule has 0 saturated carbocycles. The van der Waals surface area contributed by atoms with Crippen molar-refractivity contribution in [3.8, 4) is 17.4 Å². The van der Waals surface area contributed by atoms with Crippen LogP contribution in [-0.2, 0) is 0 Å². The number of urea groups is 1. The van der Waals surface area contributed by atoms with Crippen molar-refractivity contribution in [3.63, 3.8) is 0 Å². The Hall–Kier alpha value is -3.91. The summed E-state index contributed by atoms with van der Waals surface area (Å²) in [4.78, 5) is 25.0. The molecule has 2 N–H and O–H groups in total. The lowest BCUT2D eigenvalue weighted by Gasteiger charge is -2.10. The van der Waals surface area contributed by atoms with Crippen LogP contribution in [-0.4, -0.2) is 25.6 Å². The normalized spacial score (nSPS) is 10.6. The van der Waals surface area contributed by atoms with Crippen LogP contribution < -0.4 is 15.4 Å². The summed E-state index contributed by atoms with van der Waals surface area (Å²) in [5.74, 6) is 1.64.